The Bertz CT molecular complexity index is 1170. The first-order valence-electron chi connectivity index (χ1n) is 8.52. The van der Waals surface area contributed by atoms with Gasteiger partial charge in [0.25, 0.3) is 11.8 Å². The molecule has 0 atom stereocenters. The second-order valence-electron chi connectivity index (χ2n) is 6.33. The molecule has 2 heterocycles. The van der Waals surface area contributed by atoms with Crippen molar-refractivity contribution in [1.82, 2.24) is 0 Å². The van der Waals surface area contributed by atoms with Crippen molar-refractivity contribution >= 4 is 74.9 Å². The van der Waals surface area contributed by atoms with Crippen molar-refractivity contribution in [3.05, 3.63) is 85.1 Å². The van der Waals surface area contributed by atoms with Gasteiger partial charge in [-0.15, -0.1) is 11.3 Å². The molecule has 0 fully saturated rings. The zero-order valence-electron chi connectivity index (χ0n) is 15.0. The van der Waals surface area contributed by atoms with Gasteiger partial charge in [-0.05, 0) is 54.3 Å². The van der Waals surface area contributed by atoms with Crippen molar-refractivity contribution in [3.63, 3.8) is 0 Å². The maximum atomic E-state index is 13.3. The molecular weight excluding hydrogens is 451 g/mol. The van der Waals surface area contributed by atoms with Crippen LogP contribution < -0.4 is 10.2 Å². The maximum absolute atomic E-state index is 13.3. The standard InChI is InChI=1S/C21H13Cl3N2O2S/c1-11-10-12(22)7-8-14(11)25-19-17(16-6-3-9-29-16)20(27)26(21(19)28)15-5-2-4-13(23)18(15)24/h2-10,25H,1H3. The zero-order chi connectivity index (χ0) is 20.7. The van der Waals surface area contributed by atoms with Crippen LogP contribution in [0.4, 0.5) is 11.4 Å². The summed E-state index contributed by atoms with van der Waals surface area (Å²) in [4.78, 5) is 28.4. The number of carbonyl (C=O) groups excluding carboxylic acids is 2. The Morgan fingerprint density at radius 2 is 1.76 bits per heavy atom. The Labute approximate surface area is 186 Å². The first-order valence-corrected chi connectivity index (χ1v) is 10.5. The Morgan fingerprint density at radius 1 is 0.966 bits per heavy atom. The molecule has 2 amide bonds. The molecule has 0 aliphatic carbocycles. The minimum atomic E-state index is -0.503. The molecule has 8 heteroatoms. The van der Waals surface area contributed by atoms with Crippen LogP contribution in [0.25, 0.3) is 5.57 Å². The Kier molecular flexibility index (Phi) is 5.40. The lowest BCUT2D eigenvalue weighted by Gasteiger charge is -2.17. The van der Waals surface area contributed by atoms with Crippen LogP contribution >= 0.6 is 46.1 Å². The fourth-order valence-electron chi connectivity index (χ4n) is 3.08. The van der Waals surface area contributed by atoms with E-state index in [-0.39, 0.29) is 27.0 Å². The SMILES string of the molecule is Cc1cc(Cl)ccc1NC1=C(c2cccs2)C(=O)N(c2cccc(Cl)c2Cl)C1=O. The molecular formula is C21H13Cl3N2O2S. The summed E-state index contributed by atoms with van der Waals surface area (Å²) in [5.41, 5.74) is 2.23. The summed E-state index contributed by atoms with van der Waals surface area (Å²) >= 11 is 19.8. The van der Waals surface area contributed by atoms with Crippen molar-refractivity contribution in [1.29, 1.82) is 0 Å². The fraction of sp³-hybridized carbons (Fsp3) is 0.0476. The second-order valence-corrected chi connectivity index (χ2v) is 8.50. The normalized spacial score (nSPS) is 14.1. The van der Waals surface area contributed by atoms with Gasteiger partial charge < -0.3 is 5.32 Å². The van der Waals surface area contributed by atoms with E-state index in [9.17, 15) is 9.59 Å². The fourth-order valence-corrected chi connectivity index (χ4v) is 4.46. The van der Waals surface area contributed by atoms with Crippen molar-refractivity contribution in [2.45, 2.75) is 6.92 Å². The number of thiophene rings is 1. The summed E-state index contributed by atoms with van der Waals surface area (Å²) in [5.74, 6) is -0.965. The predicted molar refractivity (Wildman–Crippen MR) is 120 cm³/mol. The molecule has 2 aromatic carbocycles. The number of rotatable bonds is 4. The van der Waals surface area contributed by atoms with Crippen LogP contribution in [0.5, 0.6) is 0 Å². The van der Waals surface area contributed by atoms with E-state index in [0.29, 0.717) is 15.6 Å². The largest absolute Gasteiger partial charge is 0.350 e. The molecule has 0 radical (unpaired) electrons. The summed E-state index contributed by atoms with van der Waals surface area (Å²) in [5, 5.41) is 5.97. The molecule has 0 bridgehead atoms. The van der Waals surface area contributed by atoms with Gasteiger partial charge in [0.1, 0.15) is 5.70 Å². The summed E-state index contributed by atoms with van der Waals surface area (Å²) in [7, 11) is 0. The van der Waals surface area contributed by atoms with Gasteiger partial charge in [0.2, 0.25) is 0 Å². The number of anilines is 2. The van der Waals surface area contributed by atoms with Crippen LogP contribution in [0, 0.1) is 6.92 Å². The molecule has 1 aliphatic heterocycles. The number of hydrogen-bond acceptors (Lipinski definition) is 4. The van der Waals surface area contributed by atoms with Gasteiger partial charge in [-0.25, -0.2) is 4.90 Å². The number of aryl methyl sites for hydroxylation is 1. The molecule has 1 aromatic heterocycles. The highest BCUT2D eigenvalue weighted by atomic mass is 35.5. The summed E-state index contributed by atoms with van der Waals surface area (Å²) in [6.07, 6.45) is 0. The van der Waals surface area contributed by atoms with E-state index in [2.05, 4.69) is 5.32 Å². The number of carbonyl (C=O) groups is 2. The molecule has 4 rings (SSSR count). The third kappa shape index (κ3) is 3.55. The van der Waals surface area contributed by atoms with Gasteiger partial charge in [-0.1, -0.05) is 46.9 Å². The molecule has 0 unspecified atom stereocenters. The van der Waals surface area contributed by atoms with Crippen LogP contribution in [0.1, 0.15) is 10.4 Å². The summed E-state index contributed by atoms with van der Waals surface area (Å²) in [6, 6.07) is 13.7. The molecule has 0 spiro atoms. The number of hydrogen-bond donors (Lipinski definition) is 1. The van der Waals surface area contributed by atoms with Crippen LogP contribution in [-0.4, -0.2) is 11.8 Å². The molecule has 146 valence electrons. The minimum Gasteiger partial charge on any atom is -0.350 e. The lowest BCUT2D eigenvalue weighted by atomic mass is 10.1. The summed E-state index contributed by atoms with van der Waals surface area (Å²) in [6.45, 7) is 1.87. The molecule has 1 N–H and O–H groups in total. The molecule has 3 aromatic rings. The van der Waals surface area contributed by atoms with Crippen LogP contribution in [-0.2, 0) is 9.59 Å². The second kappa shape index (κ2) is 7.84. The highest BCUT2D eigenvalue weighted by Gasteiger charge is 2.41. The molecule has 29 heavy (non-hydrogen) atoms. The average Bonchev–Trinajstić information content (AvgIpc) is 3.27. The molecule has 4 nitrogen and oxygen atoms in total. The van der Waals surface area contributed by atoms with E-state index in [0.717, 1.165) is 10.5 Å². The molecule has 0 saturated heterocycles. The van der Waals surface area contributed by atoms with Crippen LogP contribution in [0.15, 0.2) is 59.6 Å². The van der Waals surface area contributed by atoms with E-state index in [1.54, 1.807) is 42.5 Å². The van der Waals surface area contributed by atoms with Crippen molar-refractivity contribution in [3.8, 4) is 0 Å². The minimum absolute atomic E-state index is 0.144. The van der Waals surface area contributed by atoms with Crippen molar-refractivity contribution in [2.24, 2.45) is 0 Å². The van der Waals surface area contributed by atoms with E-state index in [1.165, 1.54) is 11.3 Å². The third-order valence-electron chi connectivity index (χ3n) is 4.47. The number of halogens is 3. The number of amides is 2. The first kappa shape index (κ1) is 20.0. The van der Waals surface area contributed by atoms with Crippen LogP contribution in [0.2, 0.25) is 15.1 Å². The predicted octanol–water partition coefficient (Wildman–Crippen LogP) is 6.41. The van der Waals surface area contributed by atoms with E-state index in [4.69, 9.17) is 34.8 Å². The van der Waals surface area contributed by atoms with Gasteiger partial charge in [-0.2, -0.15) is 0 Å². The average molecular weight is 464 g/mol. The Hall–Kier alpha value is -2.31. The van der Waals surface area contributed by atoms with E-state index < -0.39 is 11.8 Å². The van der Waals surface area contributed by atoms with Gasteiger partial charge in [0.15, 0.2) is 0 Å². The molecule has 1 aliphatic rings. The zero-order valence-corrected chi connectivity index (χ0v) is 18.1. The Balaban J connectivity index is 1.84. The van der Waals surface area contributed by atoms with Gasteiger partial charge in [0.05, 0.1) is 21.3 Å². The smallest absolute Gasteiger partial charge is 0.282 e. The quantitative estimate of drug-likeness (QED) is 0.455. The van der Waals surface area contributed by atoms with Crippen LogP contribution in [0.3, 0.4) is 0 Å². The highest BCUT2D eigenvalue weighted by molar-refractivity contribution is 7.11. The van der Waals surface area contributed by atoms with Gasteiger partial charge in [-0.3, -0.25) is 9.59 Å². The number of nitrogens with zero attached hydrogens (tertiary/aromatic N) is 1. The van der Waals surface area contributed by atoms with E-state index >= 15 is 0 Å². The van der Waals surface area contributed by atoms with E-state index in [1.807, 2.05) is 18.4 Å². The topological polar surface area (TPSA) is 49.4 Å². The lowest BCUT2D eigenvalue weighted by Crippen LogP contribution is -2.32. The third-order valence-corrected chi connectivity index (χ3v) is 6.40. The summed E-state index contributed by atoms with van der Waals surface area (Å²) < 4.78 is 0. The number of nitrogens with one attached hydrogen (secondary N) is 1. The van der Waals surface area contributed by atoms with Crippen molar-refractivity contribution < 1.29 is 9.59 Å². The first-order chi connectivity index (χ1) is 13.9. The van der Waals surface area contributed by atoms with Gasteiger partial charge >= 0.3 is 0 Å². The highest BCUT2D eigenvalue weighted by Crippen LogP contribution is 2.40. The lowest BCUT2D eigenvalue weighted by molar-refractivity contribution is -0.120. The molecule has 0 saturated carbocycles. The van der Waals surface area contributed by atoms with Gasteiger partial charge in [0, 0.05) is 15.6 Å². The number of benzene rings is 2. The maximum Gasteiger partial charge on any atom is 0.282 e. The van der Waals surface area contributed by atoms with Crippen molar-refractivity contribution in [2.75, 3.05) is 10.2 Å². The Morgan fingerprint density at radius 3 is 2.45 bits per heavy atom. The monoisotopic (exact) mass is 462 g/mol. The number of imide groups is 1.